The van der Waals surface area contributed by atoms with E-state index in [1.807, 2.05) is 19.9 Å². The minimum atomic E-state index is -3.48. The molecule has 1 saturated heterocycles. The molecular formula is C15H24N2O3S. The number of anilines is 1. The predicted molar refractivity (Wildman–Crippen MR) is 83.9 cm³/mol. The molecule has 0 spiro atoms. The standard InChI is InChI=1S/C15H24N2O3S/c1-12(2)17-21(18,19)15-6-4-3-5-14(15)16-9-7-13-8-10-20-11-13/h3-6,12-13,16-17H,7-11H2,1-2H3. The highest BCUT2D eigenvalue weighted by Gasteiger charge is 2.19. The quantitative estimate of drug-likeness (QED) is 0.810. The summed E-state index contributed by atoms with van der Waals surface area (Å²) in [6.45, 7) is 6.04. The molecular weight excluding hydrogens is 288 g/mol. The molecule has 21 heavy (non-hydrogen) atoms. The number of sulfonamides is 1. The van der Waals surface area contributed by atoms with Gasteiger partial charge in [-0.3, -0.25) is 0 Å². The fraction of sp³-hybridized carbons (Fsp3) is 0.600. The molecule has 0 saturated carbocycles. The van der Waals surface area contributed by atoms with E-state index in [0.29, 0.717) is 16.5 Å². The molecule has 1 atom stereocenters. The number of para-hydroxylation sites is 1. The Kier molecular flexibility index (Phi) is 5.61. The number of ether oxygens (including phenoxy) is 1. The predicted octanol–water partition coefficient (Wildman–Crippen LogP) is 2.21. The molecule has 1 aliphatic rings. The minimum Gasteiger partial charge on any atom is -0.384 e. The van der Waals surface area contributed by atoms with Crippen LogP contribution in [0, 0.1) is 5.92 Å². The lowest BCUT2D eigenvalue weighted by molar-refractivity contribution is 0.185. The molecule has 1 fully saturated rings. The summed E-state index contributed by atoms with van der Waals surface area (Å²) >= 11 is 0. The van der Waals surface area contributed by atoms with E-state index in [1.54, 1.807) is 18.2 Å². The van der Waals surface area contributed by atoms with Gasteiger partial charge in [-0.2, -0.15) is 0 Å². The van der Waals surface area contributed by atoms with Gasteiger partial charge in [-0.1, -0.05) is 12.1 Å². The van der Waals surface area contributed by atoms with Gasteiger partial charge in [0.1, 0.15) is 4.90 Å². The van der Waals surface area contributed by atoms with Crippen molar-refractivity contribution in [2.75, 3.05) is 25.1 Å². The molecule has 6 heteroatoms. The third kappa shape index (κ3) is 4.69. The number of rotatable bonds is 7. The normalized spacial score (nSPS) is 19.1. The van der Waals surface area contributed by atoms with E-state index in [4.69, 9.17) is 4.74 Å². The second-order valence-corrected chi connectivity index (χ2v) is 7.40. The molecule has 1 aliphatic heterocycles. The van der Waals surface area contributed by atoms with Crippen LogP contribution in [0.15, 0.2) is 29.2 Å². The number of hydrogen-bond donors (Lipinski definition) is 2. The van der Waals surface area contributed by atoms with Gasteiger partial charge >= 0.3 is 0 Å². The molecule has 0 bridgehead atoms. The highest BCUT2D eigenvalue weighted by Crippen LogP contribution is 2.22. The van der Waals surface area contributed by atoms with E-state index in [-0.39, 0.29) is 6.04 Å². The third-order valence-electron chi connectivity index (χ3n) is 3.46. The maximum absolute atomic E-state index is 12.3. The van der Waals surface area contributed by atoms with Gasteiger partial charge < -0.3 is 10.1 Å². The van der Waals surface area contributed by atoms with Crippen LogP contribution in [-0.2, 0) is 14.8 Å². The molecule has 2 rings (SSSR count). The summed E-state index contributed by atoms with van der Waals surface area (Å²) in [7, 11) is -3.48. The summed E-state index contributed by atoms with van der Waals surface area (Å²) in [4.78, 5) is 0.307. The molecule has 1 aromatic carbocycles. The van der Waals surface area contributed by atoms with Gasteiger partial charge in [-0.15, -0.1) is 0 Å². The molecule has 0 aliphatic carbocycles. The first-order valence-electron chi connectivity index (χ1n) is 7.42. The zero-order valence-electron chi connectivity index (χ0n) is 12.6. The smallest absolute Gasteiger partial charge is 0.242 e. The molecule has 1 unspecified atom stereocenters. The van der Waals surface area contributed by atoms with Crippen LogP contribution in [0.4, 0.5) is 5.69 Å². The van der Waals surface area contributed by atoms with E-state index < -0.39 is 10.0 Å². The molecule has 5 nitrogen and oxygen atoms in total. The third-order valence-corrected chi connectivity index (χ3v) is 5.18. The van der Waals surface area contributed by atoms with E-state index in [9.17, 15) is 8.42 Å². The number of nitrogens with one attached hydrogen (secondary N) is 2. The van der Waals surface area contributed by atoms with Crippen molar-refractivity contribution >= 4 is 15.7 Å². The summed E-state index contributed by atoms with van der Waals surface area (Å²) < 4.78 is 32.6. The van der Waals surface area contributed by atoms with Gasteiger partial charge in [0.2, 0.25) is 10.0 Å². The summed E-state index contributed by atoms with van der Waals surface area (Å²) in [6.07, 6.45) is 2.09. The monoisotopic (exact) mass is 312 g/mol. The van der Waals surface area contributed by atoms with Crippen LogP contribution in [0.2, 0.25) is 0 Å². The van der Waals surface area contributed by atoms with E-state index in [1.165, 1.54) is 0 Å². The van der Waals surface area contributed by atoms with Crippen LogP contribution >= 0.6 is 0 Å². The highest BCUT2D eigenvalue weighted by molar-refractivity contribution is 7.89. The first kappa shape index (κ1) is 16.3. The maximum atomic E-state index is 12.3. The van der Waals surface area contributed by atoms with Crippen LogP contribution < -0.4 is 10.0 Å². The second-order valence-electron chi connectivity index (χ2n) is 5.72. The topological polar surface area (TPSA) is 67.4 Å². The van der Waals surface area contributed by atoms with E-state index >= 15 is 0 Å². The van der Waals surface area contributed by atoms with Gasteiger partial charge in [-0.25, -0.2) is 13.1 Å². The molecule has 0 aromatic heterocycles. The summed E-state index contributed by atoms with van der Waals surface area (Å²) in [5.74, 6) is 0.579. The van der Waals surface area contributed by atoms with Crippen molar-refractivity contribution in [3.63, 3.8) is 0 Å². The van der Waals surface area contributed by atoms with E-state index in [2.05, 4.69) is 10.0 Å². The van der Waals surface area contributed by atoms with Crippen molar-refractivity contribution in [2.24, 2.45) is 5.92 Å². The van der Waals surface area contributed by atoms with Crippen molar-refractivity contribution < 1.29 is 13.2 Å². The summed E-state index contributed by atoms with van der Waals surface area (Å²) in [5.41, 5.74) is 0.657. The molecule has 0 radical (unpaired) electrons. The molecule has 118 valence electrons. The Hall–Kier alpha value is -1.11. The Morgan fingerprint density at radius 3 is 2.76 bits per heavy atom. The largest absolute Gasteiger partial charge is 0.384 e. The van der Waals surface area contributed by atoms with Crippen molar-refractivity contribution in [1.82, 2.24) is 4.72 Å². The van der Waals surface area contributed by atoms with Crippen LogP contribution in [0.1, 0.15) is 26.7 Å². The van der Waals surface area contributed by atoms with Crippen LogP contribution in [0.25, 0.3) is 0 Å². The Bertz CT molecular complexity index is 552. The van der Waals surface area contributed by atoms with Crippen LogP contribution in [0.5, 0.6) is 0 Å². The summed E-state index contributed by atoms with van der Waals surface area (Å²) in [5, 5.41) is 3.24. The summed E-state index contributed by atoms with van der Waals surface area (Å²) in [6, 6.07) is 6.89. The Morgan fingerprint density at radius 1 is 1.33 bits per heavy atom. The lowest BCUT2D eigenvalue weighted by atomic mass is 10.1. The van der Waals surface area contributed by atoms with E-state index in [0.717, 1.165) is 32.6 Å². The SMILES string of the molecule is CC(C)NS(=O)(=O)c1ccccc1NCCC1CCOC1. The fourth-order valence-electron chi connectivity index (χ4n) is 2.44. The fourth-order valence-corrected chi connectivity index (χ4v) is 3.88. The first-order chi connectivity index (χ1) is 9.99. The average molecular weight is 312 g/mol. The molecule has 1 heterocycles. The lowest BCUT2D eigenvalue weighted by Crippen LogP contribution is -2.30. The zero-order valence-corrected chi connectivity index (χ0v) is 13.4. The van der Waals surface area contributed by atoms with Crippen molar-refractivity contribution in [3.05, 3.63) is 24.3 Å². The van der Waals surface area contributed by atoms with Gasteiger partial charge in [0.25, 0.3) is 0 Å². The Balaban J connectivity index is 2.02. The zero-order chi connectivity index (χ0) is 15.3. The average Bonchev–Trinajstić information content (AvgIpc) is 2.91. The van der Waals surface area contributed by atoms with Crippen LogP contribution in [-0.4, -0.2) is 34.2 Å². The molecule has 1 aromatic rings. The molecule has 2 N–H and O–H groups in total. The Labute approximate surface area is 127 Å². The van der Waals surface area contributed by atoms with Gasteiger partial charge in [-0.05, 0) is 44.7 Å². The van der Waals surface area contributed by atoms with Gasteiger partial charge in [0.05, 0.1) is 5.69 Å². The van der Waals surface area contributed by atoms with Crippen LogP contribution in [0.3, 0.4) is 0 Å². The minimum absolute atomic E-state index is 0.126. The van der Waals surface area contributed by atoms with Gasteiger partial charge in [0, 0.05) is 25.8 Å². The van der Waals surface area contributed by atoms with Crippen molar-refractivity contribution in [3.8, 4) is 0 Å². The molecule has 0 amide bonds. The second kappa shape index (κ2) is 7.24. The Morgan fingerprint density at radius 2 is 2.10 bits per heavy atom. The number of benzene rings is 1. The van der Waals surface area contributed by atoms with Gasteiger partial charge in [0.15, 0.2) is 0 Å². The lowest BCUT2D eigenvalue weighted by Gasteiger charge is -2.15. The number of hydrogen-bond acceptors (Lipinski definition) is 4. The highest BCUT2D eigenvalue weighted by atomic mass is 32.2. The maximum Gasteiger partial charge on any atom is 0.242 e. The first-order valence-corrected chi connectivity index (χ1v) is 8.90. The van der Waals surface area contributed by atoms with Crippen molar-refractivity contribution in [2.45, 2.75) is 37.6 Å². The van der Waals surface area contributed by atoms with Crippen molar-refractivity contribution in [1.29, 1.82) is 0 Å².